The van der Waals surface area contributed by atoms with Gasteiger partial charge in [-0.3, -0.25) is 4.79 Å². The highest BCUT2D eigenvalue weighted by Crippen LogP contribution is 2.11. The van der Waals surface area contributed by atoms with Crippen molar-refractivity contribution in [1.29, 1.82) is 0 Å². The molecule has 0 radical (unpaired) electrons. The first kappa shape index (κ1) is 21.3. The molecular formula is C16H28N2O5. The van der Waals surface area contributed by atoms with Crippen molar-refractivity contribution in [3.63, 3.8) is 0 Å². The summed E-state index contributed by atoms with van der Waals surface area (Å²) in [6.45, 7) is 3.56. The van der Waals surface area contributed by atoms with Crippen LogP contribution < -0.4 is 11.5 Å². The van der Waals surface area contributed by atoms with Crippen molar-refractivity contribution < 1.29 is 25.2 Å². The molecule has 3 atom stereocenters. The number of aliphatic hydroxyl groups excluding tert-OH is 2. The lowest BCUT2D eigenvalue weighted by atomic mass is 10.0. The third-order valence-corrected chi connectivity index (χ3v) is 3.13. The zero-order valence-electron chi connectivity index (χ0n) is 13.6. The molecule has 0 bridgehead atoms. The monoisotopic (exact) mass is 328 g/mol. The van der Waals surface area contributed by atoms with Crippen LogP contribution in [0.1, 0.15) is 25.8 Å². The molecule has 132 valence electrons. The minimum atomic E-state index is -0.913. The normalized spacial score (nSPS) is 14.6. The van der Waals surface area contributed by atoms with E-state index in [9.17, 15) is 9.90 Å². The lowest BCUT2D eigenvalue weighted by Gasteiger charge is -2.16. The van der Waals surface area contributed by atoms with Crippen molar-refractivity contribution in [2.45, 2.75) is 44.9 Å². The zero-order chi connectivity index (χ0) is 18.0. The Labute approximate surface area is 136 Å². The number of rotatable bonds is 7. The Balaban J connectivity index is 0.000000468. The SMILES string of the molecule is CC(C)C[C@H](N)C(=O)O.N[C@H](Cc1ccc(O)cc1)[C@H](O)CO. The van der Waals surface area contributed by atoms with Crippen LogP contribution >= 0.6 is 0 Å². The second-order valence-corrected chi connectivity index (χ2v) is 5.86. The maximum Gasteiger partial charge on any atom is 0.320 e. The van der Waals surface area contributed by atoms with Gasteiger partial charge in [-0.1, -0.05) is 26.0 Å². The predicted molar refractivity (Wildman–Crippen MR) is 87.9 cm³/mol. The number of phenolic OH excluding ortho intramolecular Hbond substituents is 1. The van der Waals surface area contributed by atoms with Crippen LogP contribution in [0.2, 0.25) is 0 Å². The summed E-state index contributed by atoms with van der Waals surface area (Å²) in [6, 6.07) is 5.42. The molecule has 0 saturated carbocycles. The third-order valence-electron chi connectivity index (χ3n) is 3.13. The number of carboxylic acid groups (broad SMARTS) is 1. The molecule has 7 nitrogen and oxygen atoms in total. The summed E-state index contributed by atoms with van der Waals surface area (Å²) in [4.78, 5) is 10.1. The molecule has 0 saturated heterocycles. The van der Waals surface area contributed by atoms with E-state index in [0.29, 0.717) is 18.8 Å². The third kappa shape index (κ3) is 9.85. The van der Waals surface area contributed by atoms with Crippen LogP contribution in [0.5, 0.6) is 5.75 Å². The van der Waals surface area contributed by atoms with Crippen molar-refractivity contribution in [3.05, 3.63) is 29.8 Å². The molecule has 23 heavy (non-hydrogen) atoms. The van der Waals surface area contributed by atoms with Gasteiger partial charge >= 0.3 is 5.97 Å². The van der Waals surface area contributed by atoms with Crippen LogP contribution in [0, 0.1) is 5.92 Å². The van der Waals surface area contributed by atoms with Crippen LogP contribution in [0.4, 0.5) is 0 Å². The van der Waals surface area contributed by atoms with E-state index < -0.39 is 24.2 Å². The zero-order valence-corrected chi connectivity index (χ0v) is 13.6. The van der Waals surface area contributed by atoms with Gasteiger partial charge in [-0.05, 0) is 36.5 Å². The molecule has 7 heteroatoms. The molecule has 1 aromatic carbocycles. The van der Waals surface area contributed by atoms with E-state index in [4.69, 9.17) is 26.8 Å². The first-order chi connectivity index (χ1) is 10.7. The summed E-state index contributed by atoms with van der Waals surface area (Å²) in [5, 5.41) is 35.2. The molecule has 0 amide bonds. The number of aliphatic hydroxyl groups is 2. The van der Waals surface area contributed by atoms with E-state index in [0.717, 1.165) is 5.56 Å². The van der Waals surface area contributed by atoms with E-state index in [1.807, 2.05) is 13.8 Å². The summed E-state index contributed by atoms with van der Waals surface area (Å²) in [6.07, 6.45) is 0.126. The van der Waals surface area contributed by atoms with E-state index >= 15 is 0 Å². The van der Waals surface area contributed by atoms with Crippen molar-refractivity contribution in [2.24, 2.45) is 17.4 Å². The number of carbonyl (C=O) groups is 1. The maximum absolute atomic E-state index is 10.1. The topological polar surface area (TPSA) is 150 Å². The lowest BCUT2D eigenvalue weighted by Crippen LogP contribution is -2.38. The Morgan fingerprint density at radius 1 is 1.17 bits per heavy atom. The first-order valence-corrected chi connectivity index (χ1v) is 7.48. The second kappa shape index (κ2) is 11.0. The number of benzene rings is 1. The van der Waals surface area contributed by atoms with Crippen molar-refractivity contribution >= 4 is 5.97 Å². The number of hydrogen-bond donors (Lipinski definition) is 6. The van der Waals surface area contributed by atoms with Crippen LogP contribution in [-0.4, -0.2) is 51.2 Å². The number of phenols is 1. The van der Waals surface area contributed by atoms with Gasteiger partial charge in [0.15, 0.2) is 0 Å². The predicted octanol–water partition coefficient (Wildman–Crippen LogP) is 0.0596. The Kier molecular flexibility index (Phi) is 10.2. The van der Waals surface area contributed by atoms with E-state index in [1.54, 1.807) is 24.3 Å². The standard InChI is InChI=1S/C10H15NO3.C6H13NO2/c11-9(10(14)6-12)5-7-1-3-8(13)4-2-7;1-4(2)3-5(7)6(8)9/h1-4,9-10,12-14H,5-6,11H2;4-5H,3,7H2,1-2H3,(H,8,9)/t9-,10-;5-/m10/s1. The average molecular weight is 328 g/mol. The quantitative estimate of drug-likeness (QED) is 0.414. The van der Waals surface area contributed by atoms with Crippen LogP contribution in [0.15, 0.2) is 24.3 Å². The smallest absolute Gasteiger partial charge is 0.320 e. The largest absolute Gasteiger partial charge is 0.508 e. The molecule has 8 N–H and O–H groups in total. The molecule has 0 unspecified atom stereocenters. The van der Waals surface area contributed by atoms with Gasteiger partial charge in [0.05, 0.1) is 12.7 Å². The summed E-state index contributed by atoms with van der Waals surface area (Å²) < 4.78 is 0. The lowest BCUT2D eigenvalue weighted by molar-refractivity contribution is -0.138. The van der Waals surface area contributed by atoms with Gasteiger partial charge in [0.2, 0.25) is 0 Å². The Morgan fingerprint density at radius 3 is 2.04 bits per heavy atom. The van der Waals surface area contributed by atoms with Crippen molar-refractivity contribution in [1.82, 2.24) is 0 Å². The highest BCUT2D eigenvalue weighted by Gasteiger charge is 2.13. The Bertz CT molecular complexity index is 450. The number of aliphatic carboxylic acids is 1. The average Bonchev–Trinajstić information content (AvgIpc) is 2.48. The fraction of sp³-hybridized carbons (Fsp3) is 0.562. The van der Waals surface area contributed by atoms with E-state index in [-0.39, 0.29) is 12.4 Å². The number of carboxylic acids is 1. The highest BCUT2D eigenvalue weighted by molar-refractivity contribution is 5.72. The molecule has 0 fully saturated rings. The molecular weight excluding hydrogens is 300 g/mol. The van der Waals surface area contributed by atoms with Crippen LogP contribution in [0.25, 0.3) is 0 Å². The Hall–Kier alpha value is -1.67. The molecule has 1 rings (SSSR count). The summed E-state index contributed by atoms with van der Waals surface area (Å²) in [5.74, 6) is -0.357. The van der Waals surface area contributed by atoms with Gasteiger partial charge in [0.1, 0.15) is 11.8 Å². The fourth-order valence-corrected chi connectivity index (χ4v) is 1.78. The van der Waals surface area contributed by atoms with Crippen LogP contribution in [0.3, 0.4) is 0 Å². The summed E-state index contributed by atoms with van der Waals surface area (Å²) >= 11 is 0. The summed E-state index contributed by atoms with van der Waals surface area (Å²) in [7, 11) is 0. The Morgan fingerprint density at radius 2 is 1.70 bits per heavy atom. The minimum absolute atomic E-state index is 0.199. The number of aromatic hydroxyl groups is 1. The number of nitrogens with two attached hydrogens (primary N) is 2. The maximum atomic E-state index is 10.1. The van der Waals surface area contributed by atoms with Crippen molar-refractivity contribution in [2.75, 3.05) is 6.61 Å². The number of hydrogen-bond acceptors (Lipinski definition) is 6. The molecule has 1 aromatic rings. The summed E-state index contributed by atoms with van der Waals surface area (Å²) in [5.41, 5.74) is 11.8. The fourth-order valence-electron chi connectivity index (χ4n) is 1.78. The van der Waals surface area contributed by atoms with Crippen LogP contribution in [-0.2, 0) is 11.2 Å². The molecule has 0 spiro atoms. The van der Waals surface area contributed by atoms with E-state index in [2.05, 4.69) is 0 Å². The van der Waals surface area contributed by atoms with Gasteiger partial charge in [-0.15, -0.1) is 0 Å². The molecule has 0 aliphatic carbocycles. The molecule has 0 aromatic heterocycles. The molecule has 0 aliphatic heterocycles. The van der Waals surface area contributed by atoms with Gasteiger partial charge in [0.25, 0.3) is 0 Å². The van der Waals surface area contributed by atoms with Gasteiger partial charge in [-0.25, -0.2) is 0 Å². The van der Waals surface area contributed by atoms with Gasteiger partial charge in [-0.2, -0.15) is 0 Å². The van der Waals surface area contributed by atoms with E-state index in [1.165, 1.54) is 0 Å². The second-order valence-electron chi connectivity index (χ2n) is 5.86. The minimum Gasteiger partial charge on any atom is -0.508 e. The highest BCUT2D eigenvalue weighted by atomic mass is 16.4. The van der Waals surface area contributed by atoms with Gasteiger partial charge in [0, 0.05) is 6.04 Å². The molecule has 0 heterocycles. The molecule has 0 aliphatic rings. The first-order valence-electron chi connectivity index (χ1n) is 7.48. The van der Waals surface area contributed by atoms with Gasteiger partial charge < -0.3 is 31.9 Å². The van der Waals surface area contributed by atoms with Crippen molar-refractivity contribution in [3.8, 4) is 5.75 Å².